The van der Waals surface area contributed by atoms with E-state index in [0.29, 0.717) is 5.56 Å². The largest absolute Gasteiger partial charge is 0.267 e. The Morgan fingerprint density at radius 3 is 2.45 bits per heavy atom. The van der Waals surface area contributed by atoms with Crippen LogP contribution in [0.3, 0.4) is 0 Å². The molecule has 2 aromatic carbocycles. The summed E-state index contributed by atoms with van der Waals surface area (Å²) in [6.45, 7) is 0. The van der Waals surface area contributed by atoms with Gasteiger partial charge in [-0.05, 0) is 18.2 Å². The van der Waals surface area contributed by atoms with Gasteiger partial charge >= 0.3 is 0 Å². The van der Waals surface area contributed by atoms with Crippen molar-refractivity contribution in [1.82, 2.24) is 0 Å². The van der Waals surface area contributed by atoms with Crippen molar-refractivity contribution in [2.75, 3.05) is 4.31 Å². The minimum absolute atomic E-state index is 0.0963. The minimum Gasteiger partial charge on any atom is -0.249 e. The Labute approximate surface area is 121 Å². The maximum Gasteiger partial charge on any atom is 0.267 e. The monoisotopic (exact) mass is 311 g/mol. The first kappa shape index (κ1) is 13.4. The summed E-state index contributed by atoms with van der Waals surface area (Å²) in [5.41, 5.74) is 0.624. The van der Waals surface area contributed by atoms with Gasteiger partial charge in [-0.3, -0.25) is 0 Å². The molecule has 1 atom stereocenters. The van der Waals surface area contributed by atoms with Gasteiger partial charge in [0.05, 0.1) is 15.6 Å². The molecule has 5 nitrogen and oxygen atoms in total. The van der Waals surface area contributed by atoms with E-state index < -0.39 is 16.3 Å². The van der Waals surface area contributed by atoms with Gasteiger partial charge in [0.1, 0.15) is 0 Å². The minimum atomic E-state index is -3.82. The quantitative estimate of drug-likeness (QED) is 0.684. The standard InChI is InChI=1S/C13H10ClNO4S/c14-10-6-2-3-7-11(10)15-13(19-16)9-5-1-4-8-12(9)20(15,17)18/h1-8,13,16H. The van der Waals surface area contributed by atoms with Gasteiger partial charge in [0, 0.05) is 5.56 Å². The molecule has 0 bridgehead atoms. The van der Waals surface area contributed by atoms with Crippen LogP contribution in [0.5, 0.6) is 0 Å². The molecule has 1 unspecified atom stereocenters. The molecule has 7 heteroatoms. The summed E-state index contributed by atoms with van der Waals surface area (Å²) in [4.78, 5) is 4.48. The van der Waals surface area contributed by atoms with Crippen LogP contribution in [0.4, 0.5) is 5.69 Å². The molecule has 0 fully saturated rings. The number of hydrogen-bond acceptors (Lipinski definition) is 4. The van der Waals surface area contributed by atoms with Crippen LogP contribution < -0.4 is 4.31 Å². The number of halogens is 1. The highest BCUT2D eigenvalue weighted by molar-refractivity contribution is 7.93. The Morgan fingerprint density at radius 1 is 1.10 bits per heavy atom. The molecule has 104 valence electrons. The van der Waals surface area contributed by atoms with Crippen LogP contribution >= 0.6 is 11.6 Å². The molecule has 1 N–H and O–H groups in total. The summed E-state index contributed by atoms with van der Waals surface area (Å²) in [6, 6.07) is 12.8. The molecule has 2 aromatic rings. The van der Waals surface area contributed by atoms with Crippen LogP contribution in [-0.2, 0) is 14.9 Å². The number of hydrogen-bond donors (Lipinski definition) is 1. The van der Waals surface area contributed by atoms with E-state index in [0.717, 1.165) is 4.31 Å². The highest BCUT2D eigenvalue weighted by Gasteiger charge is 2.44. The van der Waals surface area contributed by atoms with Crippen molar-refractivity contribution >= 4 is 27.3 Å². The van der Waals surface area contributed by atoms with Gasteiger partial charge in [-0.2, -0.15) is 0 Å². The van der Waals surface area contributed by atoms with Crippen molar-refractivity contribution in [3.05, 3.63) is 59.1 Å². The summed E-state index contributed by atoms with van der Waals surface area (Å²) < 4.78 is 26.1. The summed E-state index contributed by atoms with van der Waals surface area (Å²) in [5.74, 6) is 0. The Kier molecular flexibility index (Phi) is 3.18. The van der Waals surface area contributed by atoms with Crippen LogP contribution in [0, 0.1) is 0 Å². The second-order valence-corrected chi connectivity index (χ2v) is 6.44. The van der Waals surface area contributed by atoms with Crippen LogP contribution in [-0.4, -0.2) is 13.7 Å². The number of benzene rings is 2. The molecule has 0 aliphatic carbocycles. The lowest BCUT2D eigenvalue weighted by molar-refractivity contribution is -0.277. The molecule has 1 heterocycles. The number of sulfonamides is 1. The molecule has 0 saturated carbocycles. The Bertz CT molecular complexity index is 762. The second-order valence-electron chi connectivity index (χ2n) is 4.25. The van der Waals surface area contributed by atoms with Gasteiger partial charge < -0.3 is 0 Å². The number of nitrogens with zero attached hydrogens (tertiary/aromatic N) is 1. The van der Waals surface area contributed by atoms with Gasteiger partial charge in [-0.15, -0.1) is 0 Å². The second kappa shape index (κ2) is 4.75. The van der Waals surface area contributed by atoms with Gasteiger partial charge in [0.15, 0.2) is 0 Å². The fourth-order valence-corrected chi connectivity index (χ4v) is 4.29. The van der Waals surface area contributed by atoms with Crippen LogP contribution in [0.1, 0.15) is 11.8 Å². The van der Waals surface area contributed by atoms with Crippen molar-refractivity contribution in [2.24, 2.45) is 0 Å². The highest BCUT2D eigenvalue weighted by atomic mass is 35.5. The number of anilines is 1. The smallest absolute Gasteiger partial charge is 0.249 e. The SMILES string of the molecule is O=S1(=O)c2ccccc2C(OO)N1c1ccccc1Cl. The Hall–Kier alpha value is -1.60. The average Bonchev–Trinajstić information content (AvgIpc) is 2.68. The summed E-state index contributed by atoms with van der Waals surface area (Å²) in [6.07, 6.45) is -1.14. The van der Waals surface area contributed by atoms with Gasteiger partial charge in [-0.1, -0.05) is 41.9 Å². The zero-order valence-electron chi connectivity index (χ0n) is 10.1. The third-order valence-electron chi connectivity index (χ3n) is 3.12. The lowest BCUT2D eigenvalue weighted by Gasteiger charge is -2.23. The molecule has 0 saturated heterocycles. The fourth-order valence-electron chi connectivity index (χ4n) is 2.26. The first-order chi connectivity index (χ1) is 9.57. The third kappa shape index (κ3) is 1.81. The maximum atomic E-state index is 12.6. The van der Waals surface area contributed by atoms with E-state index in [1.807, 2.05) is 0 Å². The lowest BCUT2D eigenvalue weighted by Crippen LogP contribution is -2.29. The van der Waals surface area contributed by atoms with E-state index in [1.165, 1.54) is 6.07 Å². The van der Waals surface area contributed by atoms with E-state index in [1.54, 1.807) is 42.5 Å². The molecule has 3 rings (SSSR count). The fraction of sp³-hybridized carbons (Fsp3) is 0.0769. The predicted molar refractivity (Wildman–Crippen MR) is 74.0 cm³/mol. The molecule has 0 radical (unpaired) electrons. The zero-order chi connectivity index (χ0) is 14.3. The van der Waals surface area contributed by atoms with E-state index in [-0.39, 0.29) is 15.6 Å². The number of fused-ring (bicyclic) bond motifs is 1. The van der Waals surface area contributed by atoms with E-state index in [9.17, 15) is 8.42 Å². The van der Waals surface area contributed by atoms with Gasteiger partial charge in [-0.25, -0.2) is 22.9 Å². The van der Waals surface area contributed by atoms with E-state index >= 15 is 0 Å². The molecule has 1 aliphatic heterocycles. The molecular weight excluding hydrogens is 302 g/mol. The Morgan fingerprint density at radius 2 is 1.75 bits per heavy atom. The molecule has 0 spiro atoms. The first-order valence-electron chi connectivity index (χ1n) is 5.75. The van der Waals surface area contributed by atoms with Crippen molar-refractivity contribution < 1.29 is 18.6 Å². The van der Waals surface area contributed by atoms with Crippen molar-refractivity contribution in [1.29, 1.82) is 0 Å². The normalized spacial score (nSPS) is 19.9. The molecule has 1 aliphatic rings. The topological polar surface area (TPSA) is 66.8 Å². The van der Waals surface area contributed by atoms with Crippen LogP contribution in [0.2, 0.25) is 5.02 Å². The third-order valence-corrected chi connectivity index (χ3v) is 5.28. The number of rotatable bonds is 2. The van der Waals surface area contributed by atoms with Crippen LogP contribution in [0.25, 0.3) is 0 Å². The lowest BCUT2D eigenvalue weighted by atomic mass is 10.2. The van der Waals surface area contributed by atoms with Crippen LogP contribution in [0.15, 0.2) is 53.4 Å². The zero-order valence-corrected chi connectivity index (χ0v) is 11.7. The van der Waals surface area contributed by atoms with E-state index in [2.05, 4.69) is 4.89 Å². The molecular formula is C13H10ClNO4S. The molecule has 20 heavy (non-hydrogen) atoms. The summed E-state index contributed by atoms with van der Waals surface area (Å²) in [7, 11) is -3.82. The summed E-state index contributed by atoms with van der Waals surface area (Å²) >= 11 is 6.05. The number of para-hydroxylation sites is 1. The average molecular weight is 312 g/mol. The van der Waals surface area contributed by atoms with Crippen molar-refractivity contribution in [2.45, 2.75) is 11.1 Å². The van der Waals surface area contributed by atoms with Crippen molar-refractivity contribution in [3.63, 3.8) is 0 Å². The molecule has 0 amide bonds. The Balaban J connectivity index is 2.26. The maximum absolute atomic E-state index is 12.6. The first-order valence-corrected chi connectivity index (χ1v) is 7.57. The van der Waals surface area contributed by atoms with Gasteiger partial charge in [0.25, 0.3) is 10.0 Å². The molecule has 0 aromatic heterocycles. The van der Waals surface area contributed by atoms with Crippen molar-refractivity contribution in [3.8, 4) is 0 Å². The highest BCUT2D eigenvalue weighted by Crippen LogP contribution is 2.44. The predicted octanol–water partition coefficient (Wildman–Crippen LogP) is 3.04. The van der Waals surface area contributed by atoms with E-state index in [4.69, 9.17) is 16.9 Å². The van der Waals surface area contributed by atoms with Gasteiger partial charge in [0.2, 0.25) is 6.23 Å². The summed E-state index contributed by atoms with van der Waals surface area (Å²) in [5, 5.41) is 9.37.